The standard InChI is InChI=1S/C14H19BrN2O/c1-18-14-9-11(4-5-13(14)15)17-8-7-16-6-2-3-12(16)10-17/h4-5,9,12H,2-3,6-8,10H2,1H3. The number of nitrogens with zero attached hydrogens (tertiary/aromatic N) is 2. The third-order valence-corrected chi connectivity index (χ3v) is 4.74. The van der Waals surface area contributed by atoms with Crippen molar-refractivity contribution in [3.63, 3.8) is 0 Å². The maximum absolute atomic E-state index is 5.38. The third-order valence-electron chi connectivity index (χ3n) is 4.09. The summed E-state index contributed by atoms with van der Waals surface area (Å²) < 4.78 is 6.40. The molecule has 0 bridgehead atoms. The van der Waals surface area contributed by atoms with Crippen LogP contribution in [0, 0.1) is 0 Å². The summed E-state index contributed by atoms with van der Waals surface area (Å²) in [6.07, 6.45) is 2.71. The van der Waals surface area contributed by atoms with Gasteiger partial charge in [-0.2, -0.15) is 0 Å². The van der Waals surface area contributed by atoms with Crippen molar-refractivity contribution in [3.05, 3.63) is 22.7 Å². The first kappa shape index (κ1) is 12.3. The number of hydrogen-bond donors (Lipinski definition) is 0. The number of methoxy groups -OCH3 is 1. The number of fused-ring (bicyclic) bond motifs is 1. The fraction of sp³-hybridized carbons (Fsp3) is 0.571. The van der Waals surface area contributed by atoms with Crippen LogP contribution in [0.3, 0.4) is 0 Å². The molecule has 2 aliphatic heterocycles. The summed E-state index contributed by atoms with van der Waals surface area (Å²) in [5, 5.41) is 0. The van der Waals surface area contributed by atoms with Gasteiger partial charge in [0, 0.05) is 37.4 Å². The first-order valence-electron chi connectivity index (χ1n) is 6.60. The lowest BCUT2D eigenvalue weighted by Crippen LogP contribution is -2.50. The zero-order chi connectivity index (χ0) is 12.5. The van der Waals surface area contributed by atoms with Crippen LogP contribution in [0.5, 0.6) is 5.75 Å². The highest BCUT2D eigenvalue weighted by molar-refractivity contribution is 9.10. The summed E-state index contributed by atoms with van der Waals surface area (Å²) in [7, 11) is 1.72. The van der Waals surface area contributed by atoms with Crippen molar-refractivity contribution in [3.8, 4) is 5.75 Å². The summed E-state index contributed by atoms with van der Waals surface area (Å²) in [5.41, 5.74) is 1.28. The van der Waals surface area contributed by atoms with Crippen LogP contribution in [0.1, 0.15) is 12.8 Å². The van der Waals surface area contributed by atoms with Crippen molar-refractivity contribution in [1.29, 1.82) is 0 Å². The number of rotatable bonds is 2. The van der Waals surface area contributed by atoms with Gasteiger partial charge in [0.05, 0.1) is 11.6 Å². The van der Waals surface area contributed by atoms with Gasteiger partial charge in [0.25, 0.3) is 0 Å². The predicted octanol–water partition coefficient (Wildman–Crippen LogP) is 2.74. The average Bonchev–Trinajstić information content (AvgIpc) is 2.86. The molecule has 0 aliphatic carbocycles. The Morgan fingerprint density at radius 2 is 2.17 bits per heavy atom. The van der Waals surface area contributed by atoms with E-state index in [0.29, 0.717) is 0 Å². The van der Waals surface area contributed by atoms with Gasteiger partial charge in [-0.1, -0.05) is 0 Å². The van der Waals surface area contributed by atoms with E-state index in [1.165, 1.54) is 31.6 Å². The summed E-state index contributed by atoms with van der Waals surface area (Å²) in [5.74, 6) is 0.918. The second-order valence-corrected chi connectivity index (χ2v) is 5.95. The Morgan fingerprint density at radius 1 is 1.28 bits per heavy atom. The van der Waals surface area contributed by atoms with E-state index in [9.17, 15) is 0 Å². The van der Waals surface area contributed by atoms with Gasteiger partial charge in [-0.05, 0) is 47.4 Å². The molecule has 0 N–H and O–H groups in total. The van der Waals surface area contributed by atoms with Gasteiger partial charge in [0.15, 0.2) is 0 Å². The molecule has 1 aromatic rings. The van der Waals surface area contributed by atoms with E-state index >= 15 is 0 Å². The number of anilines is 1. The van der Waals surface area contributed by atoms with Crippen LogP contribution in [0.15, 0.2) is 22.7 Å². The Balaban J connectivity index is 1.78. The van der Waals surface area contributed by atoms with Crippen molar-refractivity contribution in [2.45, 2.75) is 18.9 Å². The molecule has 2 aliphatic rings. The van der Waals surface area contributed by atoms with Crippen molar-refractivity contribution >= 4 is 21.6 Å². The molecule has 3 nitrogen and oxygen atoms in total. The molecule has 1 unspecified atom stereocenters. The molecule has 2 fully saturated rings. The van der Waals surface area contributed by atoms with E-state index in [1.807, 2.05) is 0 Å². The maximum atomic E-state index is 5.38. The Bertz CT molecular complexity index is 438. The highest BCUT2D eigenvalue weighted by Gasteiger charge is 2.30. The van der Waals surface area contributed by atoms with E-state index in [4.69, 9.17) is 4.74 Å². The minimum Gasteiger partial charge on any atom is -0.495 e. The summed E-state index contributed by atoms with van der Waals surface area (Å²) in [6, 6.07) is 7.15. The topological polar surface area (TPSA) is 15.7 Å². The van der Waals surface area contributed by atoms with Crippen molar-refractivity contribution in [2.75, 3.05) is 38.2 Å². The zero-order valence-corrected chi connectivity index (χ0v) is 12.3. The lowest BCUT2D eigenvalue weighted by atomic mass is 10.1. The highest BCUT2D eigenvalue weighted by atomic mass is 79.9. The SMILES string of the molecule is COc1cc(N2CCN3CCCC3C2)ccc1Br. The maximum Gasteiger partial charge on any atom is 0.135 e. The van der Waals surface area contributed by atoms with Gasteiger partial charge < -0.3 is 9.64 Å². The van der Waals surface area contributed by atoms with Gasteiger partial charge in [-0.15, -0.1) is 0 Å². The Hall–Kier alpha value is -0.740. The largest absolute Gasteiger partial charge is 0.495 e. The number of benzene rings is 1. The van der Waals surface area contributed by atoms with Crippen LogP contribution >= 0.6 is 15.9 Å². The van der Waals surface area contributed by atoms with Crippen LogP contribution < -0.4 is 9.64 Å². The summed E-state index contributed by atoms with van der Waals surface area (Å²) in [4.78, 5) is 5.12. The van der Waals surface area contributed by atoms with Crippen LogP contribution in [-0.2, 0) is 0 Å². The lowest BCUT2D eigenvalue weighted by Gasteiger charge is -2.39. The minimum absolute atomic E-state index is 0.758. The summed E-state index contributed by atoms with van der Waals surface area (Å²) in [6.45, 7) is 4.78. The first-order chi connectivity index (χ1) is 8.78. The second-order valence-electron chi connectivity index (χ2n) is 5.10. The fourth-order valence-electron chi connectivity index (χ4n) is 3.07. The number of piperazine rings is 1. The predicted molar refractivity (Wildman–Crippen MR) is 77.5 cm³/mol. The molecule has 1 aromatic carbocycles. The summed E-state index contributed by atoms with van der Waals surface area (Å²) >= 11 is 3.51. The molecular formula is C14H19BrN2O. The van der Waals surface area contributed by atoms with Crippen LogP contribution in [0.2, 0.25) is 0 Å². The Morgan fingerprint density at radius 3 is 3.00 bits per heavy atom. The molecule has 2 heterocycles. The van der Waals surface area contributed by atoms with Crippen LogP contribution in [0.25, 0.3) is 0 Å². The Kier molecular flexibility index (Phi) is 3.48. The molecule has 18 heavy (non-hydrogen) atoms. The van der Waals surface area contributed by atoms with Crippen LogP contribution in [-0.4, -0.2) is 44.2 Å². The van der Waals surface area contributed by atoms with Gasteiger partial charge in [-0.3, -0.25) is 4.90 Å². The molecule has 3 rings (SSSR count). The number of halogens is 1. The molecule has 0 aromatic heterocycles. The average molecular weight is 311 g/mol. The molecule has 0 saturated carbocycles. The molecular weight excluding hydrogens is 292 g/mol. The van der Waals surface area contributed by atoms with E-state index in [0.717, 1.165) is 29.4 Å². The highest BCUT2D eigenvalue weighted by Crippen LogP contribution is 2.32. The second kappa shape index (κ2) is 5.10. The van der Waals surface area contributed by atoms with E-state index in [-0.39, 0.29) is 0 Å². The van der Waals surface area contributed by atoms with Gasteiger partial charge in [-0.25, -0.2) is 0 Å². The normalized spacial score (nSPS) is 24.1. The molecule has 0 amide bonds. The smallest absolute Gasteiger partial charge is 0.135 e. The van der Waals surface area contributed by atoms with Crippen molar-refractivity contribution < 1.29 is 4.74 Å². The molecule has 2 saturated heterocycles. The van der Waals surface area contributed by atoms with Crippen LogP contribution in [0.4, 0.5) is 5.69 Å². The molecule has 0 radical (unpaired) electrons. The molecule has 0 spiro atoms. The van der Waals surface area contributed by atoms with E-state index in [1.54, 1.807) is 7.11 Å². The first-order valence-corrected chi connectivity index (χ1v) is 7.40. The third kappa shape index (κ3) is 2.24. The lowest BCUT2D eigenvalue weighted by molar-refractivity contribution is 0.231. The number of hydrogen-bond acceptors (Lipinski definition) is 3. The van der Waals surface area contributed by atoms with Gasteiger partial charge in [0.2, 0.25) is 0 Å². The molecule has 1 atom stereocenters. The molecule has 4 heteroatoms. The van der Waals surface area contributed by atoms with Gasteiger partial charge >= 0.3 is 0 Å². The van der Waals surface area contributed by atoms with E-state index < -0.39 is 0 Å². The zero-order valence-electron chi connectivity index (χ0n) is 10.7. The number of ether oxygens (including phenoxy) is 1. The van der Waals surface area contributed by atoms with E-state index in [2.05, 4.69) is 43.9 Å². The minimum atomic E-state index is 0.758. The Labute approximate surface area is 117 Å². The fourth-order valence-corrected chi connectivity index (χ4v) is 3.48. The quantitative estimate of drug-likeness (QED) is 0.835. The monoisotopic (exact) mass is 310 g/mol. The van der Waals surface area contributed by atoms with Gasteiger partial charge in [0.1, 0.15) is 5.75 Å². The molecule has 98 valence electrons. The van der Waals surface area contributed by atoms with Crippen molar-refractivity contribution in [1.82, 2.24) is 4.90 Å². The van der Waals surface area contributed by atoms with Crippen molar-refractivity contribution in [2.24, 2.45) is 0 Å².